The average molecular weight is 226 g/mol. The van der Waals surface area contributed by atoms with Gasteiger partial charge in [-0.15, -0.1) is 0 Å². The number of allylic oxidation sites excluding steroid dienone is 2. The highest BCUT2D eigenvalue weighted by Crippen LogP contribution is 1.81. The van der Waals surface area contributed by atoms with Crippen molar-refractivity contribution < 1.29 is 19.4 Å². The number of hydrogen-bond acceptors (Lipinski definition) is 3. The van der Waals surface area contributed by atoms with Crippen molar-refractivity contribution in [3.05, 3.63) is 50.1 Å². The summed E-state index contributed by atoms with van der Waals surface area (Å²) in [6.07, 6.45) is 4.39. The topological polar surface area (TPSA) is 63.6 Å². The third-order valence-corrected chi connectivity index (χ3v) is 0.900. The summed E-state index contributed by atoms with van der Waals surface area (Å²) in [5, 5.41) is 7.89. The van der Waals surface area contributed by atoms with Crippen LogP contribution in [0.3, 0.4) is 0 Å². The fraction of sp³-hybridized carbons (Fsp3) is 0.167. The van der Waals surface area contributed by atoms with Gasteiger partial charge in [-0.3, -0.25) is 0 Å². The Morgan fingerprint density at radius 1 is 1.19 bits per heavy atom. The highest BCUT2D eigenvalue weighted by molar-refractivity contribution is 5.84. The number of aliphatic carboxylic acids is 1. The molecule has 0 saturated carbocycles. The van der Waals surface area contributed by atoms with Gasteiger partial charge >= 0.3 is 11.9 Å². The van der Waals surface area contributed by atoms with Gasteiger partial charge in [0.1, 0.15) is 0 Å². The molecule has 0 heterocycles. The van der Waals surface area contributed by atoms with E-state index < -0.39 is 11.9 Å². The van der Waals surface area contributed by atoms with Crippen LogP contribution >= 0.6 is 0 Å². The molecular formula is C12H18O4. The summed E-state index contributed by atoms with van der Waals surface area (Å²) >= 11 is 0. The lowest BCUT2D eigenvalue weighted by atomic mass is 10.4. The lowest BCUT2D eigenvalue weighted by molar-refractivity contribution is -0.135. The van der Waals surface area contributed by atoms with Gasteiger partial charge in [0, 0.05) is 11.6 Å². The molecule has 0 spiro atoms. The second-order valence-corrected chi connectivity index (χ2v) is 2.28. The molecule has 0 aromatic rings. The van der Waals surface area contributed by atoms with Crippen molar-refractivity contribution in [3.8, 4) is 0 Å². The second-order valence-electron chi connectivity index (χ2n) is 2.28. The Morgan fingerprint density at radius 3 is 1.50 bits per heavy atom. The molecule has 4 nitrogen and oxygen atoms in total. The fourth-order valence-electron chi connectivity index (χ4n) is 0.0833. The van der Waals surface area contributed by atoms with E-state index in [1.165, 1.54) is 14.0 Å². The Labute approximate surface area is 96.2 Å². The number of rotatable bonds is 3. The predicted octanol–water partition coefficient (Wildman–Crippen LogP) is 2.35. The summed E-state index contributed by atoms with van der Waals surface area (Å²) in [5.74, 6) is -1.33. The molecule has 0 saturated heterocycles. The van der Waals surface area contributed by atoms with Crippen LogP contribution in [0.4, 0.5) is 0 Å². The van der Waals surface area contributed by atoms with Gasteiger partial charge in [-0.2, -0.15) is 0 Å². The first-order valence-electron chi connectivity index (χ1n) is 4.19. The smallest absolute Gasteiger partial charge is 0.330 e. The van der Waals surface area contributed by atoms with E-state index in [0.29, 0.717) is 0 Å². The fourth-order valence-corrected chi connectivity index (χ4v) is 0.0833. The van der Waals surface area contributed by atoms with Crippen LogP contribution < -0.4 is 0 Å². The van der Waals surface area contributed by atoms with Crippen molar-refractivity contribution in [2.24, 2.45) is 0 Å². The molecule has 0 unspecified atom stereocenters. The molecule has 0 aromatic carbocycles. The van der Waals surface area contributed by atoms with Gasteiger partial charge in [0.15, 0.2) is 0 Å². The van der Waals surface area contributed by atoms with Crippen LogP contribution in [0.2, 0.25) is 0 Å². The minimum absolute atomic E-state index is 0.176. The summed E-state index contributed by atoms with van der Waals surface area (Å²) in [6, 6.07) is 0. The zero-order chi connectivity index (χ0) is 13.6. The first-order chi connectivity index (χ1) is 7.37. The molecule has 90 valence electrons. The molecule has 0 bridgehead atoms. The number of carbonyl (C=O) groups excluding carboxylic acids is 1. The standard InChI is InChI=1S/2C4H6O2.C4H6/c1-3-4(5)6-2;1-3(2)4(5)6;1-3-4-2/h3H,1H2,2H3;1H2,2H3,(H,5,6);3-4H,1-2H2. The van der Waals surface area contributed by atoms with Crippen molar-refractivity contribution in [1.82, 2.24) is 0 Å². The first-order valence-corrected chi connectivity index (χ1v) is 4.19. The highest BCUT2D eigenvalue weighted by atomic mass is 16.5. The van der Waals surface area contributed by atoms with Crippen LogP contribution in [0.1, 0.15) is 6.92 Å². The van der Waals surface area contributed by atoms with Crippen LogP contribution in [0.15, 0.2) is 50.1 Å². The maximum Gasteiger partial charge on any atom is 0.330 e. The maximum absolute atomic E-state index is 9.84. The second kappa shape index (κ2) is 15.4. The Morgan fingerprint density at radius 2 is 1.50 bits per heavy atom. The molecule has 4 heteroatoms. The van der Waals surface area contributed by atoms with Gasteiger partial charge in [-0.25, -0.2) is 9.59 Å². The van der Waals surface area contributed by atoms with Crippen LogP contribution in [0.25, 0.3) is 0 Å². The first kappa shape index (κ1) is 19.5. The summed E-state index contributed by atoms with van der Waals surface area (Å²) < 4.78 is 4.14. The predicted molar refractivity (Wildman–Crippen MR) is 65.1 cm³/mol. The molecule has 0 amide bonds. The van der Waals surface area contributed by atoms with Crippen molar-refractivity contribution in [2.75, 3.05) is 7.11 Å². The SMILES string of the molecule is C=C(C)C(=O)O.C=CC(=O)OC.C=CC=C. The van der Waals surface area contributed by atoms with E-state index in [2.05, 4.69) is 31.1 Å². The zero-order valence-electron chi connectivity index (χ0n) is 9.73. The van der Waals surface area contributed by atoms with E-state index in [4.69, 9.17) is 5.11 Å². The minimum atomic E-state index is -0.935. The van der Waals surface area contributed by atoms with E-state index >= 15 is 0 Å². The number of carboxylic acids is 1. The number of carbonyl (C=O) groups is 2. The molecule has 0 fully saturated rings. The number of methoxy groups -OCH3 is 1. The van der Waals surface area contributed by atoms with Crippen LogP contribution in [0.5, 0.6) is 0 Å². The Bertz CT molecular complexity index is 243. The lowest BCUT2D eigenvalue weighted by Crippen LogP contribution is -1.92. The molecule has 0 atom stereocenters. The summed E-state index contributed by atoms with van der Waals surface area (Å²) in [4.78, 5) is 19.4. The normalized spacial score (nSPS) is 6.62. The highest BCUT2D eigenvalue weighted by Gasteiger charge is 1.90. The van der Waals surface area contributed by atoms with Crippen molar-refractivity contribution >= 4 is 11.9 Å². The quantitative estimate of drug-likeness (QED) is 0.456. The van der Waals surface area contributed by atoms with Gasteiger partial charge < -0.3 is 9.84 Å². The molecule has 0 aromatic heterocycles. The third-order valence-electron chi connectivity index (χ3n) is 0.900. The molecule has 16 heavy (non-hydrogen) atoms. The van der Waals surface area contributed by atoms with Crippen LogP contribution in [0, 0.1) is 0 Å². The van der Waals surface area contributed by atoms with E-state index in [9.17, 15) is 9.59 Å². The lowest BCUT2D eigenvalue weighted by Gasteiger charge is -1.83. The molecule has 0 radical (unpaired) electrons. The van der Waals surface area contributed by atoms with E-state index in [-0.39, 0.29) is 5.57 Å². The average Bonchev–Trinajstić information content (AvgIpc) is 2.28. The van der Waals surface area contributed by atoms with E-state index in [0.717, 1.165) is 6.08 Å². The Kier molecular flexibility index (Phi) is 18.7. The monoisotopic (exact) mass is 226 g/mol. The van der Waals surface area contributed by atoms with Crippen LogP contribution in [-0.2, 0) is 14.3 Å². The molecule has 0 rings (SSSR count). The molecule has 0 aliphatic rings. The maximum atomic E-state index is 9.84. The number of hydrogen-bond donors (Lipinski definition) is 1. The van der Waals surface area contributed by atoms with Gasteiger partial charge in [0.25, 0.3) is 0 Å². The van der Waals surface area contributed by atoms with Gasteiger partial charge in [0.05, 0.1) is 7.11 Å². The number of esters is 1. The zero-order valence-corrected chi connectivity index (χ0v) is 9.73. The van der Waals surface area contributed by atoms with E-state index in [1.807, 2.05) is 0 Å². The van der Waals surface area contributed by atoms with Gasteiger partial charge in [-0.05, 0) is 6.92 Å². The molecule has 1 N–H and O–H groups in total. The third kappa shape index (κ3) is 29.7. The number of carboxylic acid groups (broad SMARTS) is 1. The summed E-state index contributed by atoms with van der Waals surface area (Å²) in [6.45, 7) is 14.5. The van der Waals surface area contributed by atoms with Gasteiger partial charge in [0.2, 0.25) is 0 Å². The van der Waals surface area contributed by atoms with E-state index in [1.54, 1.807) is 12.2 Å². The van der Waals surface area contributed by atoms with Crippen molar-refractivity contribution in [1.29, 1.82) is 0 Å². The molecule has 0 aliphatic carbocycles. The van der Waals surface area contributed by atoms with Crippen molar-refractivity contribution in [3.63, 3.8) is 0 Å². The Balaban J connectivity index is -0.000000162. The minimum Gasteiger partial charge on any atom is -0.478 e. The van der Waals surface area contributed by atoms with Gasteiger partial charge in [-0.1, -0.05) is 38.5 Å². The summed E-state index contributed by atoms with van der Waals surface area (Å²) in [5.41, 5.74) is 0.176. The van der Waals surface area contributed by atoms with Crippen molar-refractivity contribution in [2.45, 2.75) is 6.92 Å². The largest absolute Gasteiger partial charge is 0.478 e. The Hall–Kier alpha value is -2.10. The molecular weight excluding hydrogens is 208 g/mol. The number of ether oxygens (including phenoxy) is 1. The molecule has 0 aliphatic heterocycles. The summed E-state index contributed by atoms with van der Waals surface area (Å²) in [7, 11) is 1.31. The van der Waals surface area contributed by atoms with Crippen LogP contribution in [-0.4, -0.2) is 24.2 Å².